The number of amides is 1. The Labute approximate surface area is 144 Å². The molecule has 8 heteroatoms. The van der Waals surface area contributed by atoms with E-state index in [-0.39, 0.29) is 27.4 Å². The van der Waals surface area contributed by atoms with Gasteiger partial charge < -0.3 is 9.84 Å². The number of halogens is 1. The molecule has 2 aromatic rings. The first-order valence-electron chi connectivity index (χ1n) is 6.39. The van der Waals surface area contributed by atoms with Gasteiger partial charge in [-0.3, -0.25) is 5.32 Å². The molecule has 1 heterocycles. The first kappa shape index (κ1) is 17.0. The van der Waals surface area contributed by atoms with E-state index in [0.29, 0.717) is 5.56 Å². The van der Waals surface area contributed by atoms with Crippen LogP contribution in [0, 0.1) is 11.3 Å². The molecule has 1 aromatic carbocycles. The molecule has 2 rings (SSSR count). The number of anilines is 1. The number of aromatic carboxylic acids is 1. The van der Waals surface area contributed by atoms with Gasteiger partial charge in [0.15, 0.2) is 0 Å². The number of carbonyl (C=O) groups excluding carboxylic acids is 1. The summed E-state index contributed by atoms with van der Waals surface area (Å²) in [6, 6.07) is 11.0. The quantitative estimate of drug-likeness (QED) is 0.747. The number of hydrogen-bond donors (Lipinski definition) is 2. The van der Waals surface area contributed by atoms with Crippen molar-refractivity contribution < 1.29 is 19.4 Å². The minimum atomic E-state index is -1.15. The van der Waals surface area contributed by atoms with Crippen LogP contribution in [0.1, 0.15) is 26.4 Å². The second kappa shape index (κ2) is 7.76. The molecule has 0 unspecified atom stereocenters. The highest BCUT2D eigenvalue weighted by atomic mass is 79.9. The number of benzene rings is 1. The van der Waals surface area contributed by atoms with E-state index in [2.05, 4.69) is 21.2 Å². The molecule has 0 spiro atoms. The van der Waals surface area contributed by atoms with Crippen LogP contribution in [-0.4, -0.2) is 17.2 Å². The first-order valence-corrected chi connectivity index (χ1v) is 8.33. The Morgan fingerprint density at radius 1 is 1.35 bits per heavy atom. The van der Waals surface area contributed by atoms with E-state index in [1.165, 1.54) is 0 Å². The second-order valence-corrected chi connectivity index (χ2v) is 5.93. The van der Waals surface area contributed by atoms with Gasteiger partial charge in [0.05, 0.1) is 5.56 Å². The van der Waals surface area contributed by atoms with Crippen LogP contribution in [-0.2, 0) is 16.7 Å². The van der Waals surface area contributed by atoms with Crippen LogP contribution < -0.4 is 5.32 Å². The van der Waals surface area contributed by atoms with Crippen molar-refractivity contribution in [2.45, 2.75) is 11.9 Å². The number of thiophene rings is 1. The van der Waals surface area contributed by atoms with Crippen molar-refractivity contribution in [3.05, 3.63) is 51.9 Å². The molecule has 23 heavy (non-hydrogen) atoms. The molecule has 0 aliphatic carbocycles. The molecule has 0 radical (unpaired) electrons. The lowest BCUT2D eigenvalue weighted by molar-refractivity contribution is 0.0701. The van der Waals surface area contributed by atoms with Crippen LogP contribution in [0.5, 0.6) is 0 Å². The zero-order chi connectivity index (χ0) is 16.8. The third kappa shape index (κ3) is 4.09. The van der Waals surface area contributed by atoms with Crippen molar-refractivity contribution >= 4 is 44.3 Å². The van der Waals surface area contributed by atoms with Crippen LogP contribution in [0.4, 0.5) is 9.80 Å². The van der Waals surface area contributed by atoms with Crippen molar-refractivity contribution in [2.24, 2.45) is 0 Å². The fourth-order valence-electron chi connectivity index (χ4n) is 1.82. The lowest BCUT2D eigenvalue weighted by Gasteiger charge is -2.06. The van der Waals surface area contributed by atoms with Gasteiger partial charge in [0.2, 0.25) is 0 Å². The van der Waals surface area contributed by atoms with Gasteiger partial charge in [0.25, 0.3) is 0 Å². The highest BCUT2D eigenvalue weighted by Gasteiger charge is 2.23. The molecular formula is C15H11BrN2O4S. The van der Waals surface area contributed by atoms with Crippen molar-refractivity contribution in [2.75, 3.05) is 5.32 Å². The van der Waals surface area contributed by atoms with Crippen molar-refractivity contribution in [1.29, 1.82) is 5.26 Å². The zero-order valence-electron chi connectivity index (χ0n) is 11.7. The number of carboxylic acids is 1. The van der Waals surface area contributed by atoms with Gasteiger partial charge in [0, 0.05) is 10.9 Å². The van der Waals surface area contributed by atoms with Gasteiger partial charge in [0.1, 0.15) is 22.6 Å². The topological polar surface area (TPSA) is 99.4 Å². The Hall–Kier alpha value is -2.37. The summed E-state index contributed by atoms with van der Waals surface area (Å²) in [5.74, 6) is -1.15. The molecule has 0 aliphatic rings. The van der Waals surface area contributed by atoms with Crippen LogP contribution in [0.3, 0.4) is 0 Å². The van der Waals surface area contributed by atoms with E-state index >= 15 is 0 Å². The van der Waals surface area contributed by atoms with E-state index in [0.717, 1.165) is 16.9 Å². The van der Waals surface area contributed by atoms with Crippen molar-refractivity contribution in [3.8, 4) is 6.07 Å². The summed E-state index contributed by atoms with van der Waals surface area (Å²) in [4.78, 5) is 23.0. The lowest BCUT2D eigenvalue weighted by Crippen LogP contribution is -2.13. The van der Waals surface area contributed by atoms with Crippen LogP contribution in [0.2, 0.25) is 0 Å². The van der Waals surface area contributed by atoms with E-state index in [1.807, 2.05) is 36.4 Å². The second-order valence-electron chi connectivity index (χ2n) is 4.35. The number of hydrogen-bond acceptors (Lipinski definition) is 5. The molecule has 0 fully saturated rings. The molecule has 0 atom stereocenters. The Kier molecular flexibility index (Phi) is 5.73. The first-order chi connectivity index (χ1) is 11.1. The monoisotopic (exact) mass is 394 g/mol. The number of nitrogens with one attached hydrogen (secondary N) is 1. The molecule has 118 valence electrons. The molecular weight excluding hydrogens is 384 g/mol. The van der Waals surface area contributed by atoms with Gasteiger partial charge in [-0.1, -0.05) is 46.3 Å². The molecule has 6 nitrogen and oxygen atoms in total. The molecule has 0 bridgehead atoms. The number of nitriles is 1. The maximum absolute atomic E-state index is 11.8. The van der Waals surface area contributed by atoms with Gasteiger partial charge in [-0.05, 0) is 5.56 Å². The number of alkyl halides is 1. The maximum atomic E-state index is 11.8. The number of carboxylic acid groups (broad SMARTS) is 1. The standard InChI is InChI=1S/C15H11BrN2O4S/c16-6-10-11(7-17)13(23-12(10)14(19)20)18-15(21)22-8-9-4-2-1-3-5-9/h1-5H,6,8H2,(H,18,21)(H,19,20). The number of ether oxygens (including phenoxy) is 1. The summed E-state index contributed by atoms with van der Waals surface area (Å²) < 4.78 is 5.06. The predicted molar refractivity (Wildman–Crippen MR) is 88.9 cm³/mol. The number of nitrogens with zero attached hydrogens (tertiary/aromatic N) is 1. The third-order valence-corrected chi connectivity index (χ3v) is 4.57. The Morgan fingerprint density at radius 2 is 2.04 bits per heavy atom. The van der Waals surface area contributed by atoms with Gasteiger partial charge in [-0.2, -0.15) is 5.26 Å². The Morgan fingerprint density at radius 3 is 2.61 bits per heavy atom. The minimum absolute atomic E-state index is 0.0109. The normalized spacial score (nSPS) is 9.91. The lowest BCUT2D eigenvalue weighted by atomic mass is 10.2. The Bertz CT molecular complexity index is 768. The third-order valence-electron chi connectivity index (χ3n) is 2.88. The maximum Gasteiger partial charge on any atom is 0.412 e. The predicted octanol–water partition coefficient (Wildman–Crippen LogP) is 3.96. The van der Waals surface area contributed by atoms with Gasteiger partial charge in [-0.25, -0.2) is 9.59 Å². The number of carbonyl (C=O) groups is 2. The molecule has 1 aromatic heterocycles. The molecule has 0 saturated heterocycles. The average molecular weight is 395 g/mol. The summed E-state index contributed by atoms with van der Waals surface area (Å²) in [6.07, 6.45) is -0.746. The highest BCUT2D eigenvalue weighted by molar-refractivity contribution is 9.08. The summed E-state index contributed by atoms with van der Waals surface area (Å²) in [5, 5.41) is 21.1. The van der Waals surface area contributed by atoms with E-state index in [1.54, 1.807) is 0 Å². The van der Waals surface area contributed by atoms with Crippen LogP contribution >= 0.6 is 27.3 Å². The van der Waals surface area contributed by atoms with E-state index in [9.17, 15) is 14.9 Å². The molecule has 0 saturated carbocycles. The molecule has 2 N–H and O–H groups in total. The van der Waals surface area contributed by atoms with E-state index in [4.69, 9.17) is 9.84 Å². The van der Waals surface area contributed by atoms with E-state index < -0.39 is 12.1 Å². The van der Waals surface area contributed by atoms with Gasteiger partial charge >= 0.3 is 12.1 Å². The summed E-state index contributed by atoms with van der Waals surface area (Å²) in [7, 11) is 0. The largest absolute Gasteiger partial charge is 0.477 e. The molecule has 1 amide bonds. The average Bonchev–Trinajstić information content (AvgIpc) is 2.91. The van der Waals surface area contributed by atoms with Crippen molar-refractivity contribution in [3.63, 3.8) is 0 Å². The minimum Gasteiger partial charge on any atom is -0.477 e. The Balaban J connectivity index is 2.12. The number of rotatable bonds is 5. The van der Waals surface area contributed by atoms with Crippen LogP contribution in [0.15, 0.2) is 30.3 Å². The van der Waals surface area contributed by atoms with Crippen LogP contribution in [0.25, 0.3) is 0 Å². The highest BCUT2D eigenvalue weighted by Crippen LogP contribution is 2.34. The summed E-state index contributed by atoms with van der Waals surface area (Å²) >= 11 is 3.99. The summed E-state index contributed by atoms with van der Waals surface area (Å²) in [6.45, 7) is 0.0804. The SMILES string of the molecule is N#Cc1c(NC(=O)OCc2ccccc2)sc(C(=O)O)c1CBr. The van der Waals surface area contributed by atoms with Gasteiger partial charge in [-0.15, -0.1) is 11.3 Å². The smallest absolute Gasteiger partial charge is 0.412 e. The van der Waals surface area contributed by atoms with Crippen molar-refractivity contribution in [1.82, 2.24) is 0 Å². The zero-order valence-corrected chi connectivity index (χ0v) is 14.1. The fraction of sp³-hybridized carbons (Fsp3) is 0.133. The molecule has 0 aliphatic heterocycles. The summed E-state index contributed by atoms with van der Waals surface area (Å²) in [5.41, 5.74) is 1.28. The fourth-order valence-corrected chi connectivity index (χ4v) is 3.56.